The highest BCUT2D eigenvalue weighted by molar-refractivity contribution is 5.23. The van der Waals surface area contributed by atoms with E-state index in [1.807, 2.05) is 0 Å². The fraction of sp³-hybridized carbons (Fsp3) is 0.875. The molecule has 0 spiro atoms. The van der Waals surface area contributed by atoms with Gasteiger partial charge in [-0.1, -0.05) is 19.9 Å². The summed E-state index contributed by atoms with van der Waals surface area (Å²) in [4.78, 5) is 0. The molecule has 2 N–H and O–H groups in total. The molecule has 4 aliphatic carbocycles. The first-order valence-electron chi connectivity index (χ1n) is 7.75. The van der Waals surface area contributed by atoms with Gasteiger partial charge in [-0.2, -0.15) is 0 Å². The highest BCUT2D eigenvalue weighted by Crippen LogP contribution is 2.59. The van der Waals surface area contributed by atoms with E-state index in [9.17, 15) is 5.11 Å². The van der Waals surface area contributed by atoms with Gasteiger partial charge in [-0.3, -0.25) is 0 Å². The van der Waals surface area contributed by atoms with E-state index < -0.39 is 0 Å². The second-order valence-corrected chi connectivity index (χ2v) is 7.17. The lowest BCUT2D eigenvalue weighted by molar-refractivity contribution is -0.0235. The van der Waals surface area contributed by atoms with Crippen molar-refractivity contribution in [2.24, 2.45) is 17.3 Å². The SMILES string of the molecule is CC1(C)[C@H]2CC=C(COC[C@@H](O)CNC3CC3)[C@H]1C2. The number of ether oxygens (including phenoxy) is 1. The van der Waals surface area contributed by atoms with Crippen LogP contribution in [0.25, 0.3) is 0 Å². The number of allylic oxidation sites excluding steroid dienone is 1. The molecule has 3 nitrogen and oxygen atoms in total. The van der Waals surface area contributed by atoms with Gasteiger partial charge in [0.15, 0.2) is 0 Å². The molecule has 108 valence electrons. The molecule has 3 heteroatoms. The van der Waals surface area contributed by atoms with Crippen LogP contribution in [-0.4, -0.2) is 37.0 Å². The van der Waals surface area contributed by atoms with Gasteiger partial charge in [0, 0.05) is 12.6 Å². The van der Waals surface area contributed by atoms with Crippen molar-refractivity contribution in [3.8, 4) is 0 Å². The maximum Gasteiger partial charge on any atom is 0.0897 e. The van der Waals surface area contributed by atoms with E-state index in [0.29, 0.717) is 37.1 Å². The van der Waals surface area contributed by atoms with E-state index in [1.54, 1.807) is 0 Å². The number of hydrogen-bond donors (Lipinski definition) is 2. The second-order valence-electron chi connectivity index (χ2n) is 7.17. The molecule has 4 rings (SSSR count). The Morgan fingerprint density at radius 1 is 1.47 bits per heavy atom. The average Bonchev–Trinajstić information content (AvgIpc) is 3.20. The van der Waals surface area contributed by atoms with Crippen molar-refractivity contribution in [3.63, 3.8) is 0 Å². The van der Waals surface area contributed by atoms with Gasteiger partial charge in [-0.15, -0.1) is 0 Å². The van der Waals surface area contributed by atoms with Gasteiger partial charge < -0.3 is 15.2 Å². The van der Waals surface area contributed by atoms with Crippen LogP contribution in [0.4, 0.5) is 0 Å². The summed E-state index contributed by atoms with van der Waals surface area (Å²) in [6.07, 6.45) is 7.09. The van der Waals surface area contributed by atoms with E-state index >= 15 is 0 Å². The standard InChI is InChI=1S/C16H27NO2/c1-16(2)12-4-3-11(15(16)7-12)9-19-10-14(18)8-17-13-5-6-13/h3,12-15,17-18H,4-10H2,1-2H3/t12-,14-,15+/m0/s1. The Hall–Kier alpha value is -0.380. The Kier molecular flexibility index (Phi) is 3.71. The van der Waals surface area contributed by atoms with Crippen molar-refractivity contribution in [3.05, 3.63) is 11.6 Å². The van der Waals surface area contributed by atoms with Crippen molar-refractivity contribution in [1.82, 2.24) is 5.32 Å². The number of nitrogens with one attached hydrogen (secondary N) is 1. The minimum absolute atomic E-state index is 0.369. The minimum atomic E-state index is -0.369. The molecule has 2 fully saturated rings. The third kappa shape index (κ3) is 2.88. The topological polar surface area (TPSA) is 41.5 Å². The molecule has 0 unspecified atom stereocenters. The Morgan fingerprint density at radius 2 is 2.26 bits per heavy atom. The minimum Gasteiger partial charge on any atom is -0.389 e. The Labute approximate surface area is 116 Å². The first-order chi connectivity index (χ1) is 9.07. The predicted octanol–water partition coefficient (Wildman–Crippen LogP) is 2.11. The van der Waals surface area contributed by atoms with E-state index in [-0.39, 0.29) is 6.10 Å². The zero-order chi connectivity index (χ0) is 13.5. The van der Waals surface area contributed by atoms with Gasteiger partial charge >= 0.3 is 0 Å². The van der Waals surface area contributed by atoms with Gasteiger partial charge in [0.05, 0.1) is 19.3 Å². The summed E-state index contributed by atoms with van der Waals surface area (Å²) in [6, 6.07) is 0.656. The summed E-state index contributed by atoms with van der Waals surface area (Å²) in [5.41, 5.74) is 1.94. The lowest BCUT2D eigenvalue weighted by atomic mass is 9.49. The van der Waals surface area contributed by atoms with Crippen LogP contribution in [-0.2, 0) is 4.74 Å². The third-order valence-corrected chi connectivity index (χ3v) is 5.38. The quantitative estimate of drug-likeness (QED) is 0.693. The number of rotatable bonds is 7. The average molecular weight is 265 g/mol. The van der Waals surface area contributed by atoms with Gasteiger partial charge in [-0.25, -0.2) is 0 Å². The number of fused-ring (bicyclic) bond motifs is 1. The molecule has 0 aromatic carbocycles. The normalized spacial score (nSPS) is 33.5. The molecule has 0 aromatic rings. The Balaban J connectivity index is 1.36. The van der Waals surface area contributed by atoms with Crippen LogP contribution in [0.5, 0.6) is 0 Å². The zero-order valence-corrected chi connectivity index (χ0v) is 12.2. The lowest BCUT2D eigenvalue weighted by Crippen LogP contribution is -2.48. The second kappa shape index (κ2) is 5.19. The molecule has 0 amide bonds. The molecule has 0 radical (unpaired) electrons. The van der Waals surface area contributed by atoms with Crippen LogP contribution in [0.3, 0.4) is 0 Å². The summed E-state index contributed by atoms with van der Waals surface area (Å²) in [6.45, 7) is 6.59. The summed E-state index contributed by atoms with van der Waals surface area (Å²) in [5.74, 6) is 1.60. The van der Waals surface area contributed by atoms with Crippen LogP contribution in [0.1, 0.15) is 39.5 Å². The fourth-order valence-electron chi connectivity index (χ4n) is 3.60. The molecule has 2 saturated carbocycles. The van der Waals surface area contributed by atoms with Crippen LogP contribution < -0.4 is 5.32 Å². The van der Waals surface area contributed by atoms with Crippen molar-refractivity contribution in [2.75, 3.05) is 19.8 Å². The maximum atomic E-state index is 9.83. The first kappa shape index (κ1) is 13.6. The lowest BCUT2D eigenvalue weighted by Gasteiger charge is -2.56. The van der Waals surface area contributed by atoms with Crippen molar-refractivity contribution in [1.29, 1.82) is 0 Å². The molecule has 0 aromatic heterocycles. The van der Waals surface area contributed by atoms with Crippen molar-refractivity contribution in [2.45, 2.75) is 51.7 Å². The summed E-state index contributed by atoms with van der Waals surface area (Å²) >= 11 is 0. The smallest absolute Gasteiger partial charge is 0.0897 e. The largest absolute Gasteiger partial charge is 0.389 e. The van der Waals surface area contributed by atoms with E-state index in [1.165, 1.54) is 31.3 Å². The summed E-state index contributed by atoms with van der Waals surface area (Å²) in [5, 5.41) is 13.2. The molecule has 0 heterocycles. The Bertz CT molecular complexity index is 360. The summed E-state index contributed by atoms with van der Waals surface area (Å²) in [7, 11) is 0. The maximum absolute atomic E-state index is 9.83. The molecule has 0 aliphatic heterocycles. The van der Waals surface area contributed by atoms with Crippen LogP contribution >= 0.6 is 0 Å². The molecular formula is C16H27NO2. The number of aliphatic hydroxyl groups is 1. The first-order valence-corrected chi connectivity index (χ1v) is 7.75. The molecule has 2 bridgehead atoms. The van der Waals surface area contributed by atoms with Crippen molar-refractivity contribution < 1.29 is 9.84 Å². The van der Waals surface area contributed by atoms with Gasteiger partial charge in [-0.05, 0) is 48.5 Å². The van der Waals surface area contributed by atoms with Gasteiger partial charge in [0.25, 0.3) is 0 Å². The number of aliphatic hydroxyl groups excluding tert-OH is 1. The van der Waals surface area contributed by atoms with Crippen LogP contribution in [0.2, 0.25) is 0 Å². The van der Waals surface area contributed by atoms with E-state index in [2.05, 4.69) is 25.2 Å². The highest BCUT2D eigenvalue weighted by atomic mass is 16.5. The molecule has 0 saturated heterocycles. The van der Waals surface area contributed by atoms with Crippen molar-refractivity contribution >= 4 is 0 Å². The fourth-order valence-corrected chi connectivity index (χ4v) is 3.60. The van der Waals surface area contributed by atoms with Crippen LogP contribution in [0, 0.1) is 17.3 Å². The predicted molar refractivity (Wildman–Crippen MR) is 75.9 cm³/mol. The number of hydrogen-bond acceptors (Lipinski definition) is 3. The van der Waals surface area contributed by atoms with Gasteiger partial charge in [0.1, 0.15) is 0 Å². The van der Waals surface area contributed by atoms with Crippen LogP contribution in [0.15, 0.2) is 11.6 Å². The monoisotopic (exact) mass is 265 g/mol. The molecule has 19 heavy (non-hydrogen) atoms. The Morgan fingerprint density at radius 3 is 2.89 bits per heavy atom. The molecule has 3 atom stereocenters. The van der Waals surface area contributed by atoms with E-state index in [4.69, 9.17) is 4.74 Å². The van der Waals surface area contributed by atoms with Gasteiger partial charge in [0.2, 0.25) is 0 Å². The summed E-state index contributed by atoms with van der Waals surface area (Å²) < 4.78 is 5.72. The third-order valence-electron chi connectivity index (χ3n) is 5.38. The highest BCUT2D eigenvalue weighted by Gasteiger charge is 2.50. The van der Waals surface area contributed by atoms with E-state index in [0.717, 1.165) is 5.92 Å². The molecular weight excluding hydrogens is 238 g/mol. The zero-order valence-electron chi connectivity index (χ0n) is 12.2. The molecule has 4 aliphatic rings.